The number of nitrogens with zero attached hydrogens (tertiary/aromatic N) is 1. The van der Waals surface area contributed by atoms with Crippen molar-refractivity contribution >= 4 is 33.2 Å². The molecule has 0 atom stereocenters. The Kier molecular flexibility index (Phi) is 6.37. The normalized spacial score (nSPS) is 11.1. The van der Waals surface area contributed by atoms with Gasteiger partial charge in [0.2, 0.25) is 0 Å². The summed E-state index contributed by atoms with van der Waals surface area (Å²) in [5.41, 5.74) is 3.66. The van der Waals surface area contributed by atoms with Crippen LogP contribution in [0, 0.1) is 18.3 Å². The monoisotopic (exact) mass is 397 g/mol. The molecule has 0 fully saturated rings. The van der Waals surface area contributed by atoms with Crippen molar-refractivity contribution < 1.29 is 4.79 Å². The predicted molar refractivity (Wildman–Crippen MR) is 105 cm³/mol. The van der Waals surface area contributed by atoms with E-state index in [-0.39, 0.29) is 11.5 Å². The molecule has 128 valence electrons. The van der Waals surface area contributed by atoms with E-state index in [2.05, 4.69) is 40.4 Å². The van der Waals surface area contributed by atoms with Gasteiger partial charge in [0, 0.05) is 16.4 Å². The maximum atomic E-state index is 12.4. The Morgan fingerprint density at radius 1 is 1.20 bits per heavy atom. The highest BCUT2D eigenvalue weighted by Crippen LogP contribution is 2.25. The van der Waals surface area contributed by atoms with E-state index in [9.17, 15) is 10.1 Å². The molecule has 0 heterocycles. The molecular weight excluding hydrogens is 378 g/mol. The van der Waals surface area contributed by atoms with E-state index in [0.717, 1.165) is 27.0 Å². The van der Waals surface area contributed by atoms with Gasteiger partial charge in [-0.15, -0.1) is 0 Å². The molecule has 0 aliphatic heterocycles. The van der Waals surface area contributed by atoms with Crippen LogP contribution >= 0.6 is 15.9 Å². The zero-order valence-corrected chi connectivity index (χ0v) is 16.0. The fourth-order valence-electron chi connectivity index (χ4n) is 2.34. The Morgan fingerprint density at radius 2 is 1.92 bits per heavy atom. The second-order valence-corrected chi connectivity index (χ2v) is 6.85. The lowest BCUT2D eigenvalue weighted by molar-refractivity contribution is -0.112. The third kappa shape index (κ3) is 4.94. The van der Waals surface area contributed by atoms with Gasteiger partial charge >= 0.3 is 0 Å². The summed E-state index contributed by atoms with van der Waals surface area (Å²) in [6, 6.07) is 15.3. The molecule has 2 rings (SSSR count). The number of halogens is 1. The van der Waals surface area contributed by atoms with Gasteiger partial charge in [0.15, 0.2) is 0 Å². The number of para-hydroxylation sites is 1. The first kappa shape index (κ1) is 18.8. The number of hydrogen-bond donors (Lipinski definition) is 2. The number of hydrogen-bond acceptors (Lipinski definition) is 3. The number of anilines is 2. The van der Waals surface area contributed by atoms with Crippen molar-refractivity contribution in [1.82, 2.24) is 0 Å². The summed E-state index contributed by atoms with van der Waals surface area (Å²) < 4.78 is 0.867. The van der Waals surface area contributed by atoms with Crippen LogP contribution in [-0.4, -0.2) is 5.91 Å². The van der Waals surface area contributed by atoms with Gasteiger partial charge in [-0.3, -0.25) is 4.79 Å². The molecule has 0 aliphatic carbocycles. The van der Waals surface area contributed by atoms with Crippen LogP contribution in [0.1, 0.15) is 30.9 Å². The predicted octanol–water partition coefficient (Wildman–Crippen LogP) is 5.34. The third-order valence-electron chi connectivity index (χ3n) is 3.69. The zero-order valence-electron chi connectivity index (χ0n) is 14.4. The van der Waals surface area contributed by atoms with Crippen molar-refractivity contribution in [1.29, 1.82) is 5.26 Å². The maximum Gasteiger partial charge on any atom is 0.267 e. The van der Waals surface area contributed by atoms with E-state index >= 15 is 0 Å². The van der Waals surface area contributed by atoms with E-state index in [4.69, 9.17) is 0 Å². The van der Waals surface area contributed by atoms with Crippen molar-refractivity contribution in [3.8, 4) is 6.07 Å². The number of nitrogens with one attached hydrogen (secondary N) is 2. The van der Waals surface area contributed by atoms with Gasteiger partial charge in [0.05, 0.1) is 5.69 Å². The summed E-state index contributed by atoms with van der Waals surface area (Å²) in [5.74, 6) is -0.168. The van der Waals surface area contributed by atoms with Crippen molar-refractivity contribution in [2.75, 3.05) is 10.6 Å². The largest absolute Gasteiger partial charge is 0.359 e. The van der Waals surface area contributed by atoms with Crippen molar-refractivity contribution in [3.63, 3.8) is 0 Å². The molecule has 2 aromatic rings. The fourth-order valence-corrected chi connectivity index (χ4v) is 2.95. The maximum absolute atomic E-state index is 12.4. The Balaban J connectivity index is 2.17. The lowest BCUT2D eigenvalue weighted by Crippen LogP contribution is -2.16. The summed E-state index contributed by atoms with van der Waals surface area (Å²) >= 11 is 3.46. The van der Waals surface area contributed by atoms with E-state index in [1.807, 2.05) is 55.5 Å². The Bertz CT molecular complexity index is 850. The number of nitriles is 1. The van der Waals surface area contributed by atoms with E-state index < -0.39 is 5.91 Å². The van der Waals surface area contributed by atoms with Crippen LogP contribution in [-0.2, 0) is 4.79 Å². The average Bonchev–Trinajstić information content (AvgIpc) is 2.57. The van der Waals surface area contributed by atoms with E-state index in [1.165, 1.54) is 6.20 Å². The van der Waals surface area contributed by atoms with Gasteiger partial charge in [-0.2, -0.15) is 5.26 Å². The number of rotatable bonds is 5. The number of amides is 1. The third-order valence-corrected chi connectivity index (χ3v) is 4.35. The summed E-state index contributed by atoms with van der Waals surface area (Å²) in [4.78, 5) is 12.4. The van der Waals surface area contributed by atoms with Crippen LogP contribution in [0.4, 0.5) is 11.4 Å². The smallest absolute Gasteiger partial charge is 0.267 e. The number of carbonyl (C=O) groups is 1. The first-order chi connectivity index (χ1) is 11.9. The number of aryl methyl sites for hydroxylation is 1. The zero-order chi connectivity index (χ0) is 18.4. The number of benzene rings is 2. The number of carbonyl (C=O) groups excluding carboxylic acids is 1. The average molecular weight is 398 g/mol. The highest BCUT2D eigenvalue weighted by atomic mass is 79.9. The van der Waals surface area contributed by atoms with Crippen LogP contribution in [0.2, 0.25) is 0 Å². The summed E-state index contributed by atoms with van der Waals surface area (Å²) in [6.07, 6.45) is 1.42. The molecule has 2 N–H and O–H groups in total. The highest BCUT2D eigenvalue weighted by molar-refractivity contribution is 9.10. The molecule has 0 radical (unpaired) electrons. The molecular formula is C20H20BrN3O. The minimum absolute atomic E-state index is 0.00559. The lowest BCUT2D eigenvalue weighted by atomic mass is 10.0. The molecule has 0 aromatic heterocycles. The van der Waals surface area contributed by atoms with Gasteiger partial charge in [0.1, 0.15) is 11.6 Å². The van der Waals surface area contributed by atoms with E-state index in [1.54, 1.807) is 0 Å². The van der Waals surface area contributed by atoms with Crippen molar-refractivity contribution in [3.05, 3.63) is 69.8 Å². The molecule has 5 heteroatoms. The van der Waals surface area contributed by atoms with Crippen LogP contribution in [0.25, 0.3) is 0 Å². The Morgan fingerprint density at radius 3 is 2.56 bits per heavy atom. The molecule has 25 heavy (non-hydrogen) atoms. The first-order valence-electron chi connectivity index (χ1n) is 7.95. The van der Waals surface area contributed by atoms with Crippen LogP contribution in [0.5, 0.6) is 0 Å². The second-order valence-electron chi connectivity index (χ2n) is 5.99. The van der Waals surface area contributed by atoms with E-state index in [0.29, 0.717) is 0 Å². The van der Waals surface area contributed by atoms with Gasteiger partial charge in [-0.1, -0.05) is 38.1 Å². The Labute approximate surface area is 156 Å². The van der Waals surface area contributed by atoms with Gasteiger partial charge in [0.25, 0.3) is 5.91 Å². The fraction of sp³-hybridized carbons (Fsp3) is 0.200. The molecule has 0 spiro atoms. The summed E-state index contributed by atoms with van der Waals surface area (Å²) in [6.45, 7) is 6.11. The molecule has 1 amide bonds. The van der Waals surface area contributed by atoms with Crippen molar-refractivity contribution in [2.45, 2.75) is 26.7 Å². The molecule has 4 nitrogen and oxygen atoms in total. The molecule has 0 bridgehead atoms. The topological polar surface area (TPSA) is 64.9 Å². The first-order valence-corrected chi connectivity index (χ1v) is 8.75. The molecule has 2 aromatic carbocycles. The van der Waals surface area contributed by atoms with Gasteiger partial charge < -0.3 is 10.6 Å². The minimum atomic E-state index is -0.439. The molecule has 0 saturated heterocycles. The lowest BCUT2D eigenvalue weighted by Gasteiger charge is -2.13. The molecule has 0 aliphatic rings. The van der Waals surface area contributed by atoms with Gasteiger partial charge in [-0.25, -0.2) is 0 Å². The van der Waals surface area contributed by atoms with Crippen LogP contribution in [0.3, 0.4) is 0 Å². The minimum Gasteiger partial charge on any atom is -0.359 e. The second kappa shape index (κ2) is 8.50. The summed E-state index contributed by atoms with van der Waals surface area (Å²) in [5, 5.41) is 15.1. The molecule has 0 unspecified atom stereocenters. The van der Waals surface area contributed by atoms with Gasteiger partial charge in [-0.05, 0) is 58.1 Å². The van der Waals surface area contributed by atoms with Crippen LogP contribution < -0.4 is 10.6 Å². The quantitative estimate of drug-likeness (QED) is 0.528. The Hall–Kier alpha value is -2.58. The van der Waals surface area contributed by atoms with Crippen LogP contribution in [0.15, 0.2) is 58.7 Å². The van der Waals surface area contributed by atoms with Crippen molar-refractivity contribution in [2.24, 2.45) is 0 Å². The highest BCUT2D eigenvalue weighted by Gasteiger charge is 2.13. The molecule has 0 saturated carbocycles. The standard InChI is InChI=1S/C20H20BrN3O/c1-13(2)16-6-4-5-7-18(16)24-20(25)15(11-22)12-23-19-9-8-14(3)10-17(19)21/h4-10,12-13,23H,1-3H3,(H,24,25)/b15-12-. The summed E-state index contributed by atoms with van der Waals surface area (Å²) in [7, 11) is 0. The SMILES string of the molecule is Cc1ccc(N/C=C(/C#N)C(=O)Nc2ccccc2C(C)C)c(Br)c1.